The first kappa shape index (κ1) is 23.7. The maximum absolute atomic E-state index is 6.27. The number of nitrogens with zero attached hydrogens (tertiary/aromatic N) is 2. The zero-order chi connectivity index (χ0) is 23.5. The third-order valence-corrected chi connectivity index (χ3v) is 5.54. The molecule has 0 aromatic heterocycles. The number of hydrogen-bond donors (Lipinski definition) is 0. The number of ether oxygens (including phenoxy) is 1. The number of rotatable bonds is 4. The molecule has 3 nitrogen and oxygen atoms in total. The molecule has 0 fully saturated rings. The number of benzene rings is 2. The summed E-state index contributed by atoms with van der Waals surface area (Å²) in [6.07, 6.45) is 4.96. The van der Waals surface area contributed by atoms with Crippen molar-refractivity contribution in [1.82, 2.24) is 0 Å². The second-order valence-corrected chi connectivity index (χ2v) is 10.4. The van der Waals surface area contributed by atoms with Gasteiger partial charge < -0.3 is 4.74 Å². The van der Waals surface area contributed by atoms with E-state index in [4.69, 9.17) is 14.7 Å². The summed E-state index contributed by atoms with van der Waals surface area (Å²) in [7, 11) is 0. The minimum atomic E-state index is 0.0247. The molecule has 0 saturated carbocycles. The van der Waals surface area contributed by atoms with Gasteiger partial charge >= 0.3 is 0 Å². The largest absolute Gasteiger partial charge is 0.454 e. The van der Waals surface area contributed by atoms with Crippen LogP contribution in [0.15, 0.2) is 82.2 Å². The predicted molar refractivity (Wildman–Crippen MR) is 138 cm³/mol. The van der Waals surface area contributed by atoms with E-state index in [0.717, 1.165) is 40.7 Å². The van der Waals surface area contributed by atoms with Gasteiger partial charge in [-0.1, -0.05) is 77.9 Å². The Bertz CT molecular complexity index is 1010. The molecule has 1 aliphatic rings. The van der Waals surface area contributed by atoms with Crippen LogP contribution in [0.4, 0.5) is 11.4 Å². The molecule has 0 radical (unpaired) electrons. The van der Waals surface area contributed by atoms with Crippen LogP contribution in [0.3, 0.4) is 0 Å². The number of aliphatic imine (C=N–C) groups is 2. The molecule has 0 saturated heterocycles. The summed E-state index contributed by atoms with van der Waals surface area (Å²) in [5.74, 6) is 1.59. The lowest BCUT2D eigenvalue weighted by atomic mass is 9.86. The molecular weight excluding hydrogens is 392 g/mol. The molecule has 2 aromatic carbocycles. The monoisotopic (exact) mass is 428 g/mol. The van der Waals surface area contributed by atoms with Gasteiger partial charge in [0.1, 0.15) is 11.5 Å². The van der Waals surface area contributed by atoms with E-state index in [1.807, 2.05) is 26.0 Å². The number of para-hydroxylation sites is 2. The zero-order valence-corrected chi connectivity index (χ0v) is 20.8. The van der Waals surface area contributed by atoms with E-state index in [0.29, 0.717) is 0 Å². The fourth-order valence-electron chi connectivity index (χ4n) is 3.80. The Morgan fingerprint density at radius 3 is 1.41 bits per heavy atom. The van der Waals surface area contributed by atoms with Crippen LogP contribution in [0.25, 0.3) is 0 Å². The molecule has 2 aromatic rings. The lowest BCUT2D eigenvalue weighted by Crippen LogP contribution is -2.13. The summed E-state index contributed by atoms with van der Waals surface area (Å²) < 4.78 is 6.27. The Balaban J connectivity index is 1.86. The Hall–Kier alpha value is -2.94. The van der Waals surface area contributed by atoms with Gasteiger partial charge in [-0.25, -0.2) is 9.98 Å². The first-order valence-corrected chi connectivity index (χ1v) is 11.4. The van der Waals surface area contributed by atoms with Crippen LogP contribution in [0.1, 0.15) is 72.9 Å². The summed E-state index contributed by atoms with van der Waals surface area (Å²) in [5.41, 5.74) is 6.22. The summed E-state index contributed by atoms with van der Waals surface area (Å²) >= 11 is 0. The van der Waals surface area contributed by atoms with Crippen LogP contribution in [-0.2, 0) is 15.6 Å². The van der Waals surface area contributed by atoms with Crippen LogP contribution >= 0.6 is 0 Å². The molecular formula is C29H36N2O. The van der Waals surface area contributed by atoms with E-state index in [-0.39, 0.29) is 10.8 Å². The van der Waals surface area contributed by atoms with Gasteiger partial charge in [0.2, 0.25) is 0 Å². The highest BCUT2D eigenvalue weighted by molar-refractivity contribution is 6.02. The van der Waals surface area contributed by atoms with Gasteiger partial charge in [-0.3, -0.25) is 0 Å². The van der Waals surface area contributed by atoms with Crippen molar-refractivity contribution in [2.24, 2.45) is 9.98 Å². The highest BCUT2D eigenvalue weighted by Crippen LogP contribution is 2.33. The lowest BCUT2D eigenvalue weighted by molar-refractivity contribution is 0.343. The first-order valence-electron chi connectivity index (χ1n) is 11.4. The molecule has 0 unspecified atom stereocenters. The summed E-state index contributed by atoms with van der Waals surface area (Å²) in [6, 6.07) is 16.6. The molecule has 0 atom stereocenters. The number of hydrogen-bond acceptors (Lipinski definition) is 3. The van der Waals surface area contributed by atoms with E-state index < -0.39 is 0 Å². The Kier molecular flexibility index (Phi) is 6.88. The molecule has 0 spiro atoms. The predicted octanol–water partition coefficient (Wildman–Crippen LogP) is 8.35. The fourth-order valence-corrected chi connectivity index (χ4v) is 3.80. The minimum absolute atomic E-state index is 0.0247. The van der Waals surface area contributed by atoms with Crippen molar-refractivity contribution < 1.29 is 4.74 Å². The third-order valence-electron chi connectivity index (χ3n) is 5.54. The molecule has 168 valence electrons. The normalized spacial score (nSPS) is 15.8. The molecule has 1 heterocycles. The quantitative estimate of drug-likeness (QED) is 0.450. The van der Waals surface area contributed by atoms with Gasteiger partial charge in [0.25, 0.3) is 0 Å². The SMILES string of the molecule is CC(=Nc1ccccc1C(C)(C)C)C1=CCC=C(C(C)=Nc2ccccc2C(C)(C)C)O1. The number of allylic oxidation sites excluding steroid dienone is 4. The van der Waals surface area contributed by atoms with Crippen molar-refractivity contribution in [2.45, 2.75) is 72.6 Å². The standard InChI is InChI=1S/C29H36N2O/c1-20(30-24-16-11-9-14-22(24)28(3,4)5)26-18-13-19-27(32-26)21(2)31-25-17-12-10-15-23(25)29(6,7)8/h9-12,14-19H,13H2,1-8H3. The van der Waals surface area contributed by atoms with Crippen LogP contribution in [0.5, 0.6) is 0 Å². The Morgan fingerprint density at radius 1 is 0.656 bits per heavy atom. The average molecular weight is 429 g/mol. The molecule has 32 heavy (non-hydrogen) atoms. The van der Waals surface area contributed by atoms with Gasteiger partial charge in [-0.05, 0) is 66.5 Å². The Labute approximate surface area is 193 Å². The topological polar surface area (TPSA) is 34.0 Å². The van der Waals surface area contributed by atoms with Crippen LogP contribution in [-0.4, -0.2) is 11.4 Å². The van der Waals surface area contributed by atoms with Gasteiger partial charge in [-0.2, -0.15) is 0 Å². The van der Waals surface area contributed by atoms with Gasteiger partial charge in [0.05, 0.1) is 22.8 Å². The van der Waals surface area contributed by atoms with Crippen molar-refractivity contribution in [3.8, 4) is 0 Å². The maximum atomic E-state index is 6.27. The molecule has 0 aliphatic carbocycles. The average Bonchev–Trinajstić information content (AvgIpc) is 2.73. The maximum Gasteiger partial charge on any atom is 0.145 e. The van der Waals surface area contributed by atoms with Crippen LogP contribution < -0.4 is 0 Å². The second-order valence-electron chi connectivity index (χ2n) is 10.4. The molecule has 0 N–H and O–H groups in total. The summed E-state index contributed by atoms with van der Waals surface area (Å²) in [5, 5.41) is 0. The summed E-state index contributed by atoms with van der Waals surface area (Å²) in [4.78, 5) is 9.86. The van der Waals surface area contributed by atoms with E-state index in [2.05, 4.69) is 90.1 Å². The highest BCUT2D eigenvalue weighted by atomic mass is 16.5. The van der Waals surface area contributed by atoms with Crippen molar-refractivity contribution in [3.05, 3.63) is 83.3 Å². The van der Waals surface area contributed by atoms with E-state index >= 15 is 0 Å². The molecule has 0 amide bonds. The van der Waals surface area contributed by atoms with Gasteiger partial charge in [-0.15, -0.1) is 0 Å². The van der Waals surface area contributed by atoms with E-state index in [1.54, 1.807) is 0 Å². The molecule has 3 heteroatoms. The zero-order valence-electron chi connectivity index (χ0n) is 20.8. The summed E-state index contributed by atoms with van der Waals surface area (Å²) in [6.45, 7) is 17.3. The first-order chi connectivity index (χ1) is 15.0. The molecule has 0 bridgehead atoms. The van der Waals surface area contributed by atoms with E-state index in [1.165, 1.54) is 11.1 Å². The van der Waals surface area contributed by atoms with Crippen molar-refractivity contribution in [1.29, 1.82) is 0 Å². The molecule has 3 rings (SSSR count). The second kappa shape index (κ2) is 9.28. The smallest absolute Gasteiger partial charge is 0.145 e. The van der Waals surface area contributed by atoms with Gasteiger partial charge in [0.15, 0.2) is 0 Å². The van der Waals surface area contributed by atoms with Crippen molar-refractivity contribution in [2.75, 3.05) is 0 Å². The highest BCUT2D eigenvalue weighted by Gasteiger charge is 2.20. The lowest BCUT2D eigenvalue weighted by Gasteiger charge is -2.22. The third kappa shape index (κ3) is 5.64. The van der Waals surface area contributed by atoms with Crippen LogP contribution in [0.2, 0.25) is 0 Å². The van der Waals surface area contributed by atoms with E-state index in [9.17, 15) is 0 Å². The van der Waals surface area contributed by atoms with Crippen molar-refractivity contribution in [3.63, 3.8) is 0 Å². The minimum Gasteiger partial charge on any atom is -0.454 e. The fraction of sp³-hybridized carbons (Fsp3) is 0.379. The Morgan fingerprint density at radius 2 is 1.03 bits per heavy atom. The van der Waals surface area contributed by atoms with Gasteiger partial charge in [0, 0.05) is 0 Å². The van der Waals surface area contributed by atoms with Crippen molar-refractivity contribution >= 4 is 22.8 Å². The van der Waals surface area contributed by atoms with Crippen LogP contribution in [0, 0.1) is 0 Å². The molecule has 1 aliphatic heterocycles.